The van der Waals surface area contributed by atoms with E-state index < -0.39 is 0 Å². The number of aromatic nitrogens is 1. The van der Waals surface area contributed by atoms with Crippen LogP contribution in [0.2, 0.25) is 0 Å². The minimum atomic E-state index is -0.389. The monoisotopic (exact) mass is 220 g/mol. The summed E-state index contributed by atoms with van der Waals surface area (Å²) in [5.41, 5.74) is 0.0914. The van der Waals surface area contributed by atoms with Gasteiger partial charge in [-0.25, -0.2) is 0 Å². The predicted molar refractivity (Wildman–Crippen MR) is 63.6 cm³/mol. The fourth-order valence-corrected chi connectivity index (χ4v) is 1.32. The van der Waals surface area contributed by atoms with E-state index in [9.17, 15) is 10.1 Å². The molecular weight excluding hydrogens is 204 g/mol. The van der Waals surface area contributed by atoms with Crippen molar-refractivity contribution in [3.63, 3.8) is 0 Å². The second kappa shape index (κ2) is 5.90. The van der Waals surface area contributed by atoms with Gasteiger partial charge in [0.05, 0.1) is 4.92 Å². The smallest absolute Gasteiger partial charge is 0.270 e. The molecule has 4 heteroatoms. The van der Waals surface area contributed by atoms with Gasteiger partial charge in [0.25, 0.3) is 5.69 Å². The van der Waals surface area contributed by atoms with Crippen molar-refractivity contribution in [3.05, 3.63) is 52.8 Å². The van der Waals surface area contributed by atoms with Gasteiger partial charge >= 0.3 is 0 Å². The lowest BCUT2D eigenvalue weighted by atomic mass is 10.2. The van der Waals surface area contributed by atoms with Gasteiger partial charge < -0.3 is 4.57 Å². The molecule has 1 heterocycles. The third-order valence-electron chi connectivity index (χ3n) is 1.99. The average Bonchev–Trinajstić information content (AvgIpc) is 2.29. The molecule has 0 saturated heterocycles. The van der Waals surface area contributed by atoms with Crippen LogP contribution >= 0.6 is 0 Å². The number of nitrogens with zero attached hydrogens (tertiary/aromatic N) is 2. The van der Waals surface area contributed by atoms with Gasteiger partial charge in [-0.05, 0) is 12.0 Å². The van der Waals surface area contributed by atoms with Gasteiger partial charge in [0, 0.05) is 31.1 Å². The maximum absolute atomic E-state index is 10.7. The largest absolute Gasteiger partial charge is 0.354 e. The van der Waals surface area contributed by atoms with Crippen molar-refractivity contribution >= 4 is 5.69 Å². The van der Waals surface area contributed by atoms with Gasteiger partial charge in [-0.15, -0.1) is 0 Å². The molecule has 0 aliphatic carbocycles. The van der Waals surface area contributed by atoms with Crippen LogP contribution in [0.1, 0.15) is 13.8 Å². The summed E-state index contributed by atoms with van der Waals surface area (Å²) in [6.07, 6.45) is 3.64. The summed E-state index contributed by atoms with van der Waals surface area (Å²) in [6.45, 7) is 5.05. The Bertz CT molecular complexity index is 409. The van der Waals surface area contributed by atoms with E-state index in [0.717, 1.165) is 6.54 Å². The highest BCUT2D eigenvalue weighted by molar-refractivity contribution is 5.24. The molecule has 0 saturated carbocycles. The van der Waals surface area contributed by atoms with Crippen molar-refractivity contribution in [2.45, 2.75) is 20.4 Å². The minimum absolute atomic E-state index is 0.0914. The Labute approximate surface area is 95.0 Å². The zero-order valence-electron chi connectivity index (χ0n) is 9.54. The normalized spacial score (nSPS) is 9.94. The lowest BCUT2D eigenvalue weighted by Gasteiger charge is -2.06. The van der Waals surface area contributed by atoms with Crippen LogP contribution in [0.5, 0.6) is 0 Å². The molecule has 0 radical (unpaired) electrons. The van der Waals surface area contributed by atoms with E-state index in [4.69, 9.17) is 0 Å². The van der Waals surface area contributed by atoms with E-state index in [2.05, 4.69) is 13.8 Å². The van der Waals surface area contributed by atoms with Crippen molar-refractivity contribution < 1.29 is 4.92 Å². The third-order valence-corrected chi connectivity index (χ3v) is 1.99. The zero-order chi connectivity index (χ0) is 12.0. The number of hydrogen-bond donors (Lipinski definition) is 0. The lowest BCUT2D eigenvalue weighted by Crippen LogP contribution is -2.02. The van der Waals surface area contributed by atoms with Crippen molar-refractivity contribution in [3.8, 4) is 0 Å². The third kappa shape index (κ3) is 4.13. The van der Waals surface area contributed by atoms with Gasteiger partial charge in [-0.3, -0.25) is 10.1 Å². The molecule has 0 spiro atoms. The molecule has 1 aromatic heterocycles. The lowest BCUT2D eigenvalue weighted by molar-refractivity contribution is -0.384. The number of nitro groups is 1. The van der Waals surface area contributed by atoms with Crippen LogP contribution in [0.4, 0.5) is 5.69 Å². The highest BCUT2D eigenvalue weighted by Gasteiger charge is 1.99. The van der Waals surface area contributed by atoms with Crippen LogP contribution in [0.3, 0.4) is 0 Å². The van der Waals surface area contributed by atoms with Crippen LogP contribution < -0.4 is 0 Å². The van der Waals surface area contributed by atoms with Crippen LogP contribution in [0, 0.1) is 16.0 Å². The Morgan fingerprint density at radius 3 is 2.62 bits per heavy atom. The van der Waals surface area contributed by atoms with Crippen LogP contribution in [-0.4, -0.2) is 9.49 Å². The van der Waals surface area contributed by atoms with Crippen molar-refractivity contribution in [2.24, 2.45) is 5.92 Å². The first-order chi connectivity index (χ1) is 7.59. The van der Waals surface area contributed by atoms with Gasteiger partial charge in [0.1, 0.15) is 0 Å². The molecule has 0 aromatic carbocycles. The summed E-state index contributed by atoms with van der Waals surface area (Å²) in [6, 6.07) is 8.32. The standard InChI is InChI=1S/C12H16N2O2/c1-11(2)10-13-8-5-3-4-6-12(7-9-13)14(15)16/h3-9,11H,10H2,1-2H3. The Kier molecular flexibility index (Phi) is 4.51. The molecule has 0 aliphatic rings. The van der Waals surface area contributed by atoms with E-state index >= 15 is 0 Å². The molecule has 0 unspecified atom stereocenters. The average molecular weight is 220 g/mol. The van der Waals surface area contributed by atoms with E-state index in [1.807, 2.05) is 16.8 Å². The van der Waals surface area contributed by atoms with Gasteiger partial charge in [0.2, 0.25) is 0 Å². The molecule has 0 bridgehead atoms. The van der Waals surface area contributed by atoms with Gasteiger partial charge in [0.15, 0.2) is 0 Å². The fraction of sp³-hybridized carbons (Fsp3) is 0.333. The van der Waals surface area contributed by atoms with Gasteiger partial charge in [-0.2, -0.15) is 0 Å². The molecular formula is C12H16N2O2. The Balaban J connectivity index is 3.15. The van der Waals surface area contributed by atoms with Crippen LogP contribution in [-0.2, 0) is 6.54 Å². The predicted octanol–water partition coefficient (Wildman–Crippen LogP) is 3.18. The second-order valence-corrected chi connectivity index (χ2v) is 3.98. The van der Waals surface area contributed by atoms with E-state index in [0.29, 0.717) is 5.92 Å². The van der Waals surface area contributed by atoms with E-state index in [1.165, 1.54) is 12.1 Å². The second-order valence-electron chi connectivity index (χ2n) is 3.98. The molecule has 1 rings (SSSR count). The van der Waals surface area contributed by atoms with Crippen molar-refractivity contribution in [1.29, 1.82) is 0 Å². The molecule has 1 aromatic rings. The van der Waals surface area contributed by atoms with Crippen molar-refractivity contribution in [1.82, 2.24) is 4.57 Å². The van der Waals surface area contributed by atoms with E-state index in [1.54, 1.807) is 18.3 Å². The summed E-state index contributed by atoms with van der Waals surface area (Å²) >= 11 is 0. The Morgan fingerprint density at radius 1 is 1.25 bits per heavy atom. The minimum Gasteiger partial charge on any atom is -0.354 e. The SMILES string of the molecule is CC(C)Cn1cccccc([N+](=O)[O-])cc1. The first-order valence-corrected chi connectivity index (χ1v) is 5.23. The highest BCUT2D eigenvalue weighted by Crippen LogP contribution is 2.06. The molecule has 0 fully saturated rings. The highest BCUT2D eigenvalue weighted by atomic mass is 16.6. The van der Waals surface area contributed by atoms with Crippen LogP contribution in [0.15, 0.2) is 42.7 Å². The maximum atomic E-state index is 10.7. The molecule has 0 aliphatic heterocycles. The first kappa shape index (κ1) is 12.2. The molecule has 86 valence electrons. The summed E-state index contributed by atoms with van der Waals surface area (Å²) in [4.78, 5) is 10.3. The molecule has 0 atom stereocenters. The molecule has 16 heavy (non-hydrogen) atoms. The first-order valence-electron chi connectivity index (χ1n) is 5.23. The number of rotatable bonds is 3. The van der Waals surface area contributed by atoms with Crippen LogP contribution in [0.25, 0.3) is 0 Å². The zero-order valence-corrected chi connectivity index (χ0v) is 9.54. The summed E-state index contributed by atoms with van der Waals surface area (Å²) in [5.74, 6) is 0.502. The quantitative estimate of drug-likeness (QED) is 0.580. The summed E-state index contributed by atoms with van der Waals surface area (Å²) < 4.78 is 1.94. The summed E-state index contributed by atoms with van der Waals surface area (Å²) in [5, 5.41) is 10.7. The van der Waals surface area contributed by atoms with Gasteiger partial charge in [-0.1, -0.05) is 26.0 Å². The molecule has 0 amide bonds. The summed E-state index contributed by atoms with van der Waals surface area (Å²) in [7, 11) is 0. The molecule has 4 nitrogen and oxygen atoms in total. The maximum Gasteiger partial charge on any atom is 0.270 e. The topological polar surface area (TPSA) is 48.1 Å². The number of hydrogen-bond acceptors (Lipinski definition) is 2. The van der Waals surface area contributed by atoms with E-state index in [-0.39, 0.29) is 10.6 Å². The van der Waals surface area contributed by atoms with Crippen molar-refractivity contribution in [2.75, 3.05) is 0 Å². The fourth-order valence-electron chi connectivity index (χ4n) is 1.32. The Morgan fingerprint density at radius 2 is 2.00 bits per heavy atom. The molecule has 0 N–H and O–H groups in total. The Hall–Kier alpha value is -1.84.